The molecular weight excluding hydrogens is 302 g/mol. The third-order valence-corrected chi connectivity index (χ3v) is 3.64. The Kier molecular flexibility index (Phi) is 5.91. The molecule has 0 fully saturated rings. The Morgan fingerprint density at radius 1 is 1.29 bits per heavy atom. The van der Waals surface area contributed by atoms with Gasteiger partial charge in [-0.1, -0.05) is 13.3 Å². The van der Waals surface area contributed by atoms with Crippen LogP contribution in [0.1, 0.15) is 42.1 Å². The van der Waals surface area contributed by atoms with Gasteiger partial charge in [0.25, 0.3) is 5.56 Å². The van der Waals surface area contributed by atoms with E-state index >= 15 is 0 Å². The van der Waals surface area contributed by atoms with Crippen LogP contribution in [0.2, 0.25) is 0 Å². The maximum Gasteiger partial charge on any atom is 0.289 e. The van der Waals surface area contributed by atoms with E-state index in [2.05, 4.69) is 12.0 Å². The molecule has 5 heteroatoms. The fraction of sp³-hybridized carbons (Fsp3) is 0.316. The molecule has 1 aromatic carbocycles. The number of nitriles is 1. The van der Waals surface area contributed by atoms with Crippen LogP contribution >= 0.6 is 0 Å². The number of hydrogen-bond acceptors (Lipinski definition) is 4. The van der Waals surface area contributed by atoms with E-state index in [9.17, 15) is 4.79 Å². The van der Waals surface area contributed by atoms with Crippen molar-refractivity contribution in [1.29, 1.82) is 5.26 Å². The molecule has 1 aromatic heterocycles. The molecule has 0 saturated carbocycles. The molecule has 0 bridgehead atoms. The summed E-state index contributed by atoms with van der Waals surface area (Å²) in [6.45, 7) is 6.37. The summed E-state index contributed by atoms with van der Waals surface area (Å²) in [6, 6.07) is 11.2. The van der Waals surface area contributed by atoms with Crippen molar-refractivity contribution in [1.82, 2.24) is 4.68 Å². The molecule has 0 aliphatic rings. The van der Waals surface area contributed by atoms with Crippen molar-refractivity contribution in [2.24, 2.45) is 5.10 Å². The first kappa shape index (κ1) is 17.5. The molecule has 0 aliphatic heterocycles. The van der Waals surface area contributed by atoms with Crippen LogP contribution in [0, 0.1) is 25.2 Å². The molecule has 124 valence electrons. The van der Waals surface area contributed by atoms with Gasteiger partial charge in [-0.3, -0.25) is 4.79 Å². The number of pyridine rings is 1. The number of aryl methyl sites for hydroxylation is 2. The SMILES string of the molecule is CCCCOc1ccc(/C=N\n2c(C)cc(C)c(C#N)c2=O)cc1. The lowest BCUT2D eigenvalue weighted by molar-refractivity contribution is 0.309. The van der Waals surface area contributed by atoms with E-state index in [1.54, 1.807) is 26.1 Å². The van der Waals surface area contributed by atoms with Crippen molar-refractivity contribution in [2.45, 2.75) is 33.6 Å². The smallest absolute Gasteiger partial charge is 0.289 e. The van der Waals surface area contributed by atoms with Crippen LogP contribution in [0.15, 0.2) is 40.2 Å². The number of rotatable bonds is 6. The summed E-state index contributed by atoms with van der Waals surface area (Å²) in [4.78, 5) is 12.3. The lowest BCUT2D eigenvalue weighted by Crippen LogP contribution is -2.22. The fourth-order valence-electron chi connectivity index (χ4n) is 2.27. The highest BCUT2D eigenvalue weighted by molar-refractivity contribution is 5.79. The molecule has 0 atom stereocenters. The third-order valence-electron chi connectivity index (χ3n) is 3.64. The van der Waals surface area contributed by atoms with Gasteiger partial charge < -0.3 is 4.74 Å². The normalized spacial score (nSPS) is 10.8. The van der Waals surface area contributed by atoms with Gasteiger partial charge in [-0.25, -0.2) is 4.68 Å². The van der Waals surface area contributed by atoms with Crippen LogP contribution in [-0.2, 0) is 0 Å². The van der Waals surface area contributed by atoms with Gasteiger partial charge in [0.05, 0.1) is 12.8 Å². The van der Waals surface area contributed by atoms with Crippen molar-refractivity contribution in [3.05, 3.63) is 63.1 Å². The van der Waals surface area contributed by atoms with Crippen molar-refractivity contribution >= 4 is 6.21 Å². The summed E-state index contributed by atoms with van der Waals surface area (Å²) in [5, 5.41) is 13.3. The second-order valence-electron chi connectivity index (χ2n) is 5.59. The van der Waals surface area contributed by atoms with Crippen molar-refractivity contribution in [3.63, 3.8) is 0 Å². The standard InChI is InChI=1S/C19H21N3O2/c1-4-5-10-24-17-8-6-16(7-9-17)13-21-22-15(3)11-14(2)18(12-20)19(22)23/h6-9,11,13H,4-5,10H2,1-3H3/b21-13-. The molecular formula is C19H21N3O2. The quantitative estimate of drug-likeness (QED) is 0.604. The second kappa shape index (κ2) is 8.11. The Morgan fingerprint density at radius 3 is 2.62 bits per heavy atom. The van der Waals surface area contributed by atoms with Gasteiger partial charge in [-0.15, -0.1) is 0 Å². The van der Waals surface area contributed by atoms with Crippen LogP contribution in [0.5, 0.6) is 5.75 Å². The van der Waals surface area contributed by atoms with Crippen molar-refractivity contribution in [2.75, 3.05) is 6.61 Å². The molecule has 0 spiro atoms. The highest BCUT2D eigenvalue weighted by Crippen LogP contribution is 2.12. The Hall–Kier alpha value is -2.87. The first-order chi connectivity index (χ1) is 11.6. The maximum absolute atomic E-state index is 12.3. The van der Waals surface area contributed by atoms with Crippen LogP contribution in [0.4, 0.5) is 0 Å². The van der Waals surface area contributed by atoms with E-state index in [4.69, 9.17) is 10.00 Å². The number of ether oxygens (including phenoxy) is 1. The minimum atomic E-state index is -0.397. The molecule has 0 aliphatic carbocycles. The zero-order valence-corrected chi connectivity index (χ0v) is 14.2. The molecule has 0 N–H and O–H groups in total. The molecule has 1 heterocycles. The van der Waals surface area contributed by atoms with E-state index in [0.29, 0.717) is 17.9 Å². The number of nitrogens with zero attached hydrogens (tertiary/aromatic N) is 3. The monoisotopic (exact) mass is 323 g/mol. The van der Waals surface area contributed by atoms with Gasteiger partial charge in [0.2, 0.25) is 0 Å². The summed E-state index contributed by atoms with van der Waals surface area (Å²) in [7, 11) is 0. The van der Waals surface area contributed by atoms with Gasteiger partial charge in [0, 0.05) is 5.69 Å². The van der Waals surface area contributed by atoms with Crippen LogP contribution in [0.3, 0.4) is 0 Å². The molecule has 2 rings (SSSR count). The number of benzene rings is 1. The van der Waals surface area contributed by atoms with Crippen LogP contribution in [0.25, 0.3) is 0 Å². The highest BCUT2D eigenvalue weighted by Gasteiger charge is 2.08. The average molecular weight is 323 g/mol. The lowest BCUT2D eigenvalue weighted by Gasteiger charge is -2.07. The van der Waals surface area contributed by atoms with Crippen molar-refractivity contribution < 1.29 is 4.74 Å². The van der Waals surface area contributed by atoms with Gasteiger partial charge in [0.1, 0.15) is 17.4 Å². The molecule has 0 unspecified atom stereocenters. The molecule has 2 aromatic rings. The maximum atomic E-state index is 12.3. The van der Waals surface area contributed by atoms with E-state index in [-0.39, 0.29) is 5.56 Å². The summed E-state index contributed by atoms with van der Waals surface area (Å²) < 4.78 is 6.86. The Balaban J connectivity index is 2.20. The summed E-state index contributed by atoms with van der Waals surface area (Å²) in [5.74, 6) is 0.816. The predicted molar refractivity (Wildman–Crippen MR) is 94.7 cm³/mol. The third kappa shape index (κ3) is 4.11. The zero-order valence-electron chi connectivity index (χ0n) is 14.2. The molecule has 5 nitrogen and oxygen atoms in total. The van der Waals surface area contributed by atoms with Gasteiger partial charge in [-0.05, 0) is 61.7 Å². The number of aromatic nitrogens is 1. The van der Waals surface area contributed by atoms with Gasteiger partial charge >= 0.3 is 0 Å². The first-order valence-corrected chi connectivity index (χ1v) is 7.97. The van der Waals surface area contributed by atoms with Crippen LogP contribution < -0.4 is 10.3 Å². The highest BCUT2D eigenvalue weighted by atomic mass is 16.5. The predicted octanol–water partition coefficient (Wildman–Crippen LogP) is 3.40. The molecule has 0 saturated heterocycles. The lowest BCUT2D eigenvalue weighted by atomic mass is 10.1. The minimum Gasteiger partial charge on any atom is -0.494 e. The number of hydrogen-bond donors (Lipinski definition) is 0. The zero-order chi connectivity index (χ0) is 17.5. The summed E-state index contributed by atoms with van der Waals surface area (Å²) in [5.41, 5.74) is 1.93. The Morgan fingerprint density at radius 2 is 2.00 bits per heavy atom. The average Bonchev–Trinajstić information content (AvgIpc) is 2.56. The van der Waals surface area contributed by atoms with E-state index in [0.717, 1.165) is 24.2 Å². The fourth-order valence-corrected chi connectivity index (χ4v) is 2.27. The van der Waals surface area contributed by atoms with E-state index in [1.807, 2.05) is 30.3 Å². The largest absolute Gasteiger partial charge is 0.494 e. The van der Waals surface area contributed by atoms with Gasteiger partial charge in [-0.2, -0.15) is 10.4 Å². The van der Waals surface area contributed by atoms with E-state index < -0.39 is 5.56 Å². The minimum absolute atomic E-state index is 0.123. The summed E-state index contributed by atoms with van der Waals surface area (Å²) >= 11 is 0. The number of unbranched alkanes of at least 4 members (excludes halogenated alkanes) is 1. The topological polar surface area (TPSA) is 67.4 Å². The van der Waals surface area contributed by atoms with E-state index in [1.165, 1.54) is 4.68 Å². The first-order valence-electron chi connectivity index (χ1n) is 7.97. The molecule has 24 heavy (non-hydrogen) atoms. The Labute approximate surface area is 141 Å². The second-order valence-corrected chi connectivity index (χ2v) is 5.59. The Bertz CT molecular complexity index is 827. The van der Waals surface area contributed by atoms with Crippen LogP contribution in [-0.4, -0.2) is 17.5 Å². The molecule has 0 amide bonds. The molecule has 0 radical (unpaired) electrons. The van der Waals surface area contributed by atoms with Crippen molar-refractivity contribution in [3.8, 4) is 11.8 Å². The van der Waals surface area contributed by atoms with Gasteiger partial charge in [0.15, 0.2) is 0 Å². The summed E-state index contributed by atoms with van der Waals surface area (Å²) in [6.07, 6.45) is 3.72.